The number of aromatic nitrogens is 3. The van der Waals surface area contributed by atoms with Gasteiger partial charge in [0, 0.05) is 13.1 Å². The number of hydrogen-bond donors (Lipinski definition) is 1. The summed E-state index contributed by atoms with van der Waals surface area (Å²) in [5.74, 6) is 1.34. The SMILES string of the molecule is COc1ccc(C=CC(=O)N(C)Cc2ncn[nH]2)cc1. The van der Waals surface area contributed by atoms with Crippen LogP contribution in [0.4, 0.5) is 0 Å². The van der Waals surface area contributed by atoms with E-state index in [9.17, 15) is 4.79 Å². The average molecular weight is 272 g/mol. The lowest BCUT2D eigenvalue weighted by Gasteiger charge is -2.12. The number of benzene rings is 1. The molecule has 2 aromatic rings. The van der Waals surface area contributed by atoms with Crippen molar-refractivity contribution in [2.45, 2.75) is 6.54 Å². The second-order valence-corrected chi connectivity index (χ2v) is 4.23. The molecule has 0 spiro atoms. The van der Waals surface area contributed by atoms with Gasteiger partial charge < -0.3 is 9.64 Å². The van der Waals surface area contributed by atoms with E-state index in [0.717, 1.165) is 11.3 Å². The van der Waals surface area contributed by atoms with Crippen LogP contribution in [-0.2, 0) is 11.3 Å². The van der Waals surface area contributed by atoms with E-state index in [1.54, 1.807) is 25.1 Å². The molecule has 1 heterocycles. The lowest BCUT2D eigenvalue weighted by molar-refractivity contribution is -0.125. The maximum absolute atomic E-state index is 11.9. The van der Waals surface area contributed by atoms with Gasteiger partial charge in [0.25, 0.3) is 0 Å². The number of methoxy groups -OCH3 is 1. The number of carbonyl (C=O) groups is 1. The molecule has 1 N–H and O–H groups in total. The third-order valence-corrected chi connectivity index (χ3v) is 2.76. The molecule has 0 aliphatic carbocycles. The number of carbonyl (C=O) groups excluding carboxylic acids is 1. The van der Waals surface area contributed by atoms with Gasteiger partial charge in [-0.15, -0.1) is 0 Å². The first kappa shape index (κ1) is 13.8. The fourth-order valence-corrected chi connectivity index (χ4v) is 1.62. The molecular formula is C14H16N4O2. The molecule has 2 rings (SSSR count). The minimum absolute atomic E-state index is 0.0998. The van der Waals surface area contributed by atoms with Gasteiger partial charge >= 0.3 is 0 Å². The van der Waals surface area contributed by atoms with Crippen molar-refractivity contribution in [2.24, 2.45) is 0 Å². The molecule has 0 radical (unpaired) electrons. The highest BCUT2D eigenvalue weighted by Gasteiger charge is 2.07. The van der Waals surface area contributed by atoms with E-state index >= 15 is 0 Å². The van der Waals surface area contributed by atoms with Gasteiger partial charge in [-0.3, -0.25) is 9.89 Å². The fourth-order valence-electron chi connectivity index (χ4n) is 1.62. The molecule has 0 fully saturated rings. The van der Waals surface area contributed by atoms with Crippen LogP contribution >= 0.6 is 0 Å². The Kier molecular flexibility index (Phi) is 4.49. The van der Waals surface area contributed by atoms with E-state index in [0.29, 0.717) is 12.4 Å². The van der Waals surface area contributed by atoms with Gasteiger partial charge in [0.1, 0.15) is 17.9 Å². The Hall–Kier alpha value is -2.63. The summed E-state index contributed by atoms with van der Waals surface area (Å²) in [6, 6.07) is 7.48. The maximum Gasteiger partial charge on any atom is 0.246 e. The normalized spacial score (nSPS) is 10.7. The Balaban J connectivity index is 1.93. The van der Waals surface area contributed by atoms with Gasteiger partial charge in [-0.05, 0) is 23.8 Å². The maximum atomic E-state index is 11.9. The van der Waals surface area contributed by atoms with E-state index in [1.807, 2.05) is 24.3 Å². The van der Waals surface area contributed by atoms with Crippen molar-refractivity contribution < 1.29 is 9.53 Å². The van der Waals surface area contributed by atoms with Crippen LogP contribution < -0.4 is 4.74 Å². The van der Waals surface area contributed by atoms with Crippen molar-refractivity contribution >= 4 is 12.0 Å². The first-order valence-electron chi connectivity index (χ1n) is 6.10. The highest BCUT2D eigenvalue weighted by Crippen LogP contribution is 2.12. The number of rotatable bonds is 5. The van der Waals surface area contributed by atoms with Crippen LogP contribution in [-0.4, -0.2) is 40.1 Å². The van der Waals surface area contributed by atoms with Crippen molar-refractivity contribution in [3.05, 3.63) is 48.1 Å². The molecule has 0 aliphatic heterocycles. The second-order valence-electron chi connectivity index (χ2n) is 4.23. The van der Waals surface area contributed by atoms with E-state index in [1.165, 1.54) is 12.4 Å². The van der Waals surface area contributed by atoms with E-state index in [4.69, 9.17) is 4.74 Å². The number of nitrogens with one attached hydrogen (secondary N) is 1. The van der Waals surface area contributed by atoms with Crippen molar-refractivity contribution in [3.8, 4) is 5.75 Å². The summed E-state index contributed by atoms with van der Waals surface area (Å²) in [4.78, 5) is 17.5. The Morgan fingerprint density at radius 3 is 2.75 bits per heavy atom. The second kappa shape index (κ2) is 6.51. The fraction of sp³-hybridized carbons (Fsp3) is 0.214. The topological polar surface area (TPSA) is 71.1 Å². The van der Waals surface area contributed by atoms with Crippen LogP contribution in [0.25, 0.3) is 6.08 Å². The van der Waals surface area contributed by atoms with Gasteiger partial charge in [0.2, 0.25) is 5.91 Å². The average Bonchev–Trinajstić information content (AvgIpc) is 2.98. The van der Waals surface area contributed by atoms with Gasteiger partial charge in [-0.2, -0.15) is 5.10 Å². The summed E-state index contributed by atoms with van der Waals surface area (Å²) in [6.07, 6.45) is 4.71. The summed E-state index contributed by atoms with van der Waals surface area (Å²) < 4.78 is 5.08. The Labute approximate surface area is 117 Å². The molecule has 1 aromatic heterocycles. The van der Waals surface area contributed by atoms with Crippen LogP contribution in [0.3, 0.4) is 0 Å². The molecule has 0 saturated heterocycles. The summed E-state index contributed by atoms with van der Waals surface area (Å²) in [5.41, 5.74) is 0.937. The van der Waals surface area contributed by atoms with Crippen molar-refractivity contribution in [1.82, 2.24) is 20.1 Å². The molecule has 20 heavy (non-hydrogen) atoms. The van der Waals surface area contributed by atoms with E-state index < -0.39 is 0 Å². The van der Waals surface area contributed by atoms with Crippen LogP contribution in [0.15, 0.2) is 36.7 Å². The highest BCUT2D eigenvalue weighted by molar-refractivity contribution is 5.91. The van der Waals surface area contributed by atoms with Gasteiger partial charge in [-0.25, -0.2) is 4.98 Å². The number of hydrogen-bond acceptors (Lipinski definition) is 4. The predicted octanol–water partition coefficient (Wildman–Crippen LogP) is 1.49. The molecule has 0 atom stereocenters. The molecule has 0 saturated carbocycles. The van der Waals surface area contributed by atoms with Gasteiger partial charge in [-0.1, -0.05) is 12.1 Å². The third-order valence-electron chi connectivity index (χ3n) is 2.76. The number of amides is 1. The monoisotopic (exact) mass is 272 g/mol. The first-order valence-corrected chi connectivity index (χ1v) is 6.10. The molecule has 6 heteroatoms. The summed E-state index contributed by atoms with van der Waals surface area (Å²) in [5, 5.41) is 6.46. The van der Waals surface area contributed by atoms with Crippen molar-refractivity contribution in [2.75, 3.05) is 14.2 Å². The Morgan fingerprint density at radius 1 is 1.40 bits per heavy atom. The standard InChI is InChI=1S/C14H16N4O2/c1-18(9-13-15-10-16-17-13)14(19)8-5-11-3-6-12(20-2)7-4-11/h3-8,10H,9H2,1-2H3,(H,15,16,17). The van der Waals surface area contributed by atoms with Crippen LogP contribution in [0, 0.1) is 0 Å². The molecule has 6 nitrogen and oxygen atoms in total. The number of likely N-dealkylation sites (N-methyl/N-ethyl adjacent to an activating group) is 1. The first-order chi connectivity index (χ1) is 9.69. The van der Waals surface area contributed by atoms with Crippen molar-refractivity contribution in [3.63, 3.8) is 0 Å². The van der Waals surface area contributed by atoms with Gasteiger partial charge in [0.15, 0.2) is 0 Å². The van der Waals surface area contributed by atoms with Crippen molar-refractivity contribution in [1.29, 1.82) is 0 Å². The molecule has 104 valence electrons. The summed E-state index contributed by atoms with van der Waals surface area (Å²) in [6.45, 7) is 0.395. The molecule has 1 amide bonds. The predicted molar refractivity (Wildman–Crippen MR) is 74.9 cm³/mol. The lowest BCUT2D eigenvalue weighted by Crippen LogP contribution is -2.24. The summed E-state index contributed by atoms with van der Waals surface area (Å²) >= 11 is 0. The van der Waals surface area contributed by atoms with Crippen LogP contribution in [0.5, 0.6) is 5.75 Å². The minimum atomic E-state index is -0.0998. The van der Waals surface area contributed by atoms with Gasteiger partial charge in [0.05, 0.1) is 13.7 Å². The number of ether oxygens (including phenoxy) is 1. The zero-order valence-corrected chi connectivity index (χ0v) is 11.4. The molecule has 1 aromatic carbocycles. The zero-order valence-electron chi connectivity index (χ0n) is 11.4. The lowest BCUT2D eigenvalue weighted by atomic mass is 10.2. The molecular weight excluding hydrogens is 256 g/mol. The Bertz CT molecular complexity index is 576. The Morgan fingerprint density at radius 2 is 2.15 bits per heavy atom. The minimum Gasteiger partial charge on any atom is -0.497 e. The molecule has 0 unspecified atom stereocenters. The van der Waals surface area contributed by atoms with Crippen LogP contribution in [0.1, 0.15) is 11.4 Å². The zero-order chi connectivity index (χ0) is 14.4. The third kappa shape index (κ3) is 3.68. The number of nitrogens with zero attached hydrogens (tertiary/aromatic N) is 3. The highest BCUT2D eigenvalue weighted by atomic mass is 16.5. The molecule has 0 bridgehead atoms. The largest absolute Gasteiger partial charge is 0.497 e. The van der Waals surface area contributed by atoms with E-state index in [2.05, 4.69) is 15.2 Å². The smallest absolute Gasteiger partial charge is 0.246 e. The van der Waals surface area contributed by atoms with E-state index in [-0.39, 0.29) is 5.91 Å². The number of H-pyrrole nitrogens is 1. The van der Waals surface area contributed by atoms with Crippen LogP contribution in [0.2, 0.25) is 0 Å². The molecule has 0 aliphatic rings. The summed E-state index contributed by atoms with van der Waals surface area (Å²) in [7, 11) is 3.33. The quantitative estimate of drug-likeness (QED) is 0.837. The number of aromatic amines is 1.